The molecule has 100 valence electrons. The number of ether oxygens (including phenoxy) is 2. The first-order chi connectivity index (χ1) is 8.48. The number of carbonyl (C=O) groups excluding carboxylic acids is 1. The van der Waals surface area contributed by atoms with Gasteiger partial charge >= 0.3 is 5.97 Å². The van der Waals surface area contributed by atoms with Gasteiger partial charge in [0.1, 0.15) is 0 Å². The average molecular weight is 273 g/mol. The van der Waals surface area contributed by atoms with Crippen molar-refractivity contribution in [2.24, 2.45) is 0 Å². The number of esters is 1. The molecule has 0 saturated heterocycles. The number of benzene rings is 1. The van der Waals surface area contributed by atoms with Crippen LogP contribution in [0, 0.1) is 0 Å². The maximum absolute atomic E-state index is 11.6. The summed E-state index contributed by atoms with van der Waals surface area (Å²) in [5, 5.41) is 0. The number of hydrogen-bond acceptors (Lipinski definition) is 5. The molecule has 1 rings (SSSR count). The fourth-order valence-electron chi connectivity index (χ4n) is 1.25. The molecule has 0 heterocycles. The van der Waals surface area contributed by atoms with Crippen molar-refractivity contribution < 1.29 is 22.7 Å². The van der Waals surface area contributed by atoms with Gasteiger partial charge in [-0.3, -0.25) is 4.72 Å². The lowest BCUT2D eigenvalue weighted by atomic mass is 10.2. The highest BCUT2D eigenvalue weighted by Crippen LogP contribution is 2.13. The van der Waals surface area contributed by atoms with Crippen molar-refractivity contribution >= 4 is 21.7 Å². The first-order valence-corrected chi connectivity index (χ1v) is 6.81. The van der Waals surface area contributed by atoms with Crippen LogP contribution >= 0.6 is 0 Å². The van der Waals surface area contributed by atoms with Crippen LogP contribution in [0.15, 0.2) is 24.3 Å². The maximum atomic E-state index is 11.6. The Labute approximate surface area is 106 Å². The minimum absolute atomic E-state index is 0.103. The average Bonchev–Trinajstić information content (AvgIpc) is 2.35. The number of nitrogens with one attached hydrogen (secondary N) is 1. The van der Waals surface area contributed by atoms with Crippen molar-refractivity contribution in [2.75, 3.05) is 31.3 Å². The van der Waals surface area contributed by atoms with E-state index < -0.39 is 16.0 Å². The highest BCUT2D eigenvalue weighted by Gasteiger charge is 2.11. The van der Waals surface area contributed by atoms with Gasteiger partial charge in [-0.1, -0.05) is 6.07 Å². The second kappa shape index (κ2) is 6.36. The van der Waals surface area contributed by atoms with Crippen LogP contribution in [0.25, 0.3) is 0 Å². The topological polar surface area (TPSA) is 81.7 Å². The third-order valence-electron chi connectivity index (χ3n) is 2.11. The zero-order valence-corrected chi connectivity index (χ0v) is 11.0. The molecule has 0 aliphatic carbocycles. The molecule has 0 radical (unpaired) electrons. The zero-order valence-electron chi connectivity index (χ0n) is 10.2. The predicted octanol–water partition coefficient (Wildman–Crippen LogP) is 0.861. The van der Waals surface area contributed by atoms with Crippen molar-refractivity contribution in [2.45, 2.75) is 0 Å². The van der Waals surface area contributed by atoms with Crippen LogP contribution in [-0.4, -0.2) is 41.0 Å². The maximum Gasteiger partial charge on any atom is 0.337 e. The summed E-state index contributed by atoms with van der Waals surface area (Å²) in [4.78, 5) is 11.3. The fraction of sp³-hybridized carbons (Fsp3) is 0.364. The fourth-order valence-corrected chi connectivity index (χ4v) is 2.23. The molecule has 1 N–H and O–H groups in total. The van der Waals surface area contributed by atoms with Gasteiger partial charge < -0.3 is 9.47 Å². The smallest absolute Gasteiger partial charge is 0.337 e. The Morgan fingerprint density at radius 2 is 2.06 bits per heavy atom. The second-order valence-electron chi connectivity index (χ2n) is 3.49. The van der Waals surface area contributed by atoms with E-state index in [1.165, 1.54) is 20.3 Å². The zero-order chi connectivity index (χ0) is 13.6. The minimum Gasteiger partial charge on any atom is -0.465 e. The van der Waals surface area contributed by atoms with Gasteiger partial charge in [-0.15, -0.1) is 0 Å². The molecule has 0 unspecified atom stereocenters. The third-order valence-corrected chi connectivity index (χ3v) is 3.36. The Balaban J connectivity index is 2.82. The standard InChI is InChI=1S/C11H15NO5S/c1-16-6-7-18(14,15)12-10-5-3-4-9(8-10)11(13)17-2/h3-5,8,12H,6-7H2,1-2H3. The Hall–Kier alpha value is -1.60. The molecule has 1 aromatic rings. The Morgan fingerprint density at radius 1 is 1.33 bits per heavy atom. The van der Waals surface area contributed by atoms with Crippen LogP contribution in [0.1, 0.15) is 10.4 Å². The van der Waals surface area contributed by atoms with E-state index in [4.69, 9.17) is 4.74 Å². The van der Waals surface area contributed by atoms with E-state index in [0.717, 1.165) is 0 Å². The molecule has 0 aliphatic rings. The van der Waals surface area contributed by atoms with Crippen LogP contribution in [0.2, 0.25) is 0 Å². The molecule has 6 nitrogen and oxygen atoms in total. The van der Waals surface area contributed by atoms with Crippen LogP contribution in [0.5, 0.6) is 0 Å². The quantitative estimate of drug-likeness (QED) is 0.777. The van der Waals surface area contributed by atoms with E-state index in [-0.39, 0.29) is 17.9 Å². The summed E-state index contributed by atoms with van der Waals surface area (Å²) in [7, 11) is -0.787. The molecule has 0 bridgehead atoms. The molecule has 18 heavy (non-hydrogen) atoms. The third kappa shape index (κ3) is 4.34. The van der Waals surface area contributed by atoms with Crippen LogP contribution in [0.3, 0.4) is 0 Å². The second-order valence-corrected chi connectivity index (χ2v) is 5.33. The Bertz CT molecular complexity index is 512. The largest absolute Gasteiger partial charge is 0.465 e. The summed E-state index contributed by atoms with van der Waals surface area (Å²) in [6.45, 7) is 0.103. The van der Waals surface area contributed by atoms with Crippen molar-refractivity contribution in [1.82, 2.24) is 0 Å². The van der Waals surface area contributed by atoms with Gasteiger partial charge in [0.05, 0.1) is 25.0 Å². The van der Waals surface area contributed by atoms with E-state index in [2.05, 4.69) is 9.46 Å². The first kappa shape index (κ1) is 14.5. The lowest BCUT2D eigenvalue weighted by Gasteiger charge is -2.08. The molecule has 0 atom stereocenters. The molecule has 1 aromatic carbocycles. The molecule has 7 heteroatoms. The van der Waals surface area contributed by atoms with E-state index in [0.29, 0.717) is 5.69 Å². The summed E-state index contributed by atoms with van der Waals surface area (Å²) in [5.41, 5.74) is 0.596. The van der Waals surface area contributed by atoms with E-state index in [9.17, 15) is 13.2 Å². The number of anilines is 1. The van der Waals surface area contributed by atoms with Crippen molar-refractivity contribution in [3.05, 3.63) is 29.8 Å². The van der Waals surface area contributed by atoms with Crippen LogP contribution < -0.4 is 4.72 Å². The minimum atomic E-state index is -3.47. The highest BCUT2D eigenvalue weighted by molar-refractivity contribution is 7.92. The van der Waals surface area contributed by atoms with Crippen LogP contribution in [-0.2, 0) is 19.5 Å². The number of carbonyl (C=O) groups is 1. The number of methoxy groups -OCH3 is 2. The predicted molar refractivity (Wildman–Crippen MR) is 67.1 cm³/mol. The van der Waals surface area contributed by atoms with Gasteiger partial charge in [-0.05, 0) is 18.2 Å². The molecule has 0 saturated carbocycles. The molecule has 0 fully saturated rings. The molecule has 0 spiro atoms. The van der Waals surface area contributed by atoms with Gasteiger partial charge in [0.15, 0.2) is 0 Å². The van der Waals surface area contributed by atoms with Crippen molar-refractivity contribution in [3.63, 3.8) is 0 Å². The summed E-state index contributed by atoms with van der Waals surface area (Å²) < 4.78 is 34.8. The Morgan fingerprint density at radius 3 is 2.67 bits per heavy atom. The first-order valence-electron chi connectivity index (χ1n) is 5.16. The monoisotopic (exact) mass is 273 g/mol. The van der Waals surface area contributed by atoms with Gasteiger partial charge in [-0.25, -0.2) is 13.2 Å². The summed E-state index contributed by atoms with van der Waals surface area (Å²) >= 11 is 0. The van der Waals surface area contributed by atoms with Gasteiger partial charge in [-0.2, -0.15) is 0 Å². The Kier molecular flexibility index (Phi) is 5.11. The lowest BCUT2D eigenvalue weighted by Crippen LogP contribution is -2.19. The number of hydrogen-bond donors (Lipinski definition) is 1. The summed E-state index contributed by atoms with van der Waals surface area (Å²) in [6.07, 6.45) is 0. The van der Waals surface area contributed by atoms with Crippen molar-refractivity contribution in [3.8, 4) is 0 Å². The van der Waals surface area contributed by atoms with E-state index >= 15 is 0 Å². The molecule has 0 amide bonds. The SMILES string of the molecule is COCCS(=O)(=O)Nc1cccc(C(=O)OC)c1. The van der Waals surface area contributed by atoms with Gasteiger partial charge in [0.25, 0.3) is 0 Å². The normalized spacial score (nSPS) is 11.0. The summed E-state index contributed by atoms with van der Waals surface area (Å²) in [5.74, 6) is -0.667. The molecular weight excluding hydrogens is 258 g/mol. The number of rotatable bonds is 6. The lowest BCUT2D eigenvalue weighted by molar-refractivity contribution is 0.0601. The molecule has 0 aromatic heterocycles. The van der Waals surface area contributed by atoms with Gasteiger partial charge in [0, 0.05) is 12.8 Å². The highest BCUT2D eigenvalue weighted by atomic mass is 32.2. The van der Waals surface area contributed by atoms with Crippen LogP contribution in [0.4, 0.5) is 5.69 Å². The number of sulfonamides is 1. The summed E-state index contributed by atoms with van der Waals surface area (Å²) in [6, 6.07) is 6.08. The van der Waals surface area contributed by atoms with Gasteiger partial charge in [0.2, 0.25) is 10.0 Å². The van der Waals surface area contributed by atoms with E-state index in [1.807, 2.05) is 0 Å². The molecule has 0 aliphatic heterocycles. The van der Waals surface area contributed by atoms with E-state index in [1.54, 1.807) is 18.2 Å². The van der Waals surface area contributed by atoms with Crippen molar-refractivity contribution in [1.29, 1.82) is 0 Å². The molecular formula is C11H15NO5S.